The topological polar surface area (TPSA) is 17.8 Å². The summed E-state index contributed by atoms with van der Waals surface area (Å²) in [5.41, 5.74) is 10.4. The van der Waals surface area contributed by atoms with Gasteiger partial charge in [0.1, 0.15) is 0 Å². The van der Waals surface area contributed by atoms with Gasteiger partial charge in [0, 0.05) is 27.5 Å². The van der Waals surface area contributed by atoms with Crippen LogP contribution in [0.3, 0.4) is 0 Å². The molecule has 2 heteroatoms. The lowest BCUT2D eigenvalue weighted by Gasteiger charge is -2.13. The van der Waals surface area contributed by atoms with E-state index >= 15 is 0 Å². The van der Waals surface area contributed by atoms with Crippen molar-refractivity contribution in [3.63, 3.8) is 0 Å². The third kappa shape index (κ3) is 2.25. The van der Waals surface area contributed by atoms with Crippen molar-refractivity contribution >= 4 is 21.8 Å². The second-order valence-corrected chi connectivity index (χ2v) is 8.03. The van der Waals surface area contributed by atoms with Crippen LogP contribution in [-0.2, 0) is 0 Å². The van der Waals surface area contributed by atoms with Gasteiger partial charge in [0.05, 0.1) is 28.1 Å². The fourth-order valence-corrected chi connectivity index (χ4v) is 5.01. The van der Waals surface area contributed by atoms with Crippen LogP contribution in [0.2, 0.25) is 0 Å². The molecule has 31 heavy (non-hydrogen) atoms. The fourth-order valence-electron chi connectivity index (χ4n) is 5.01. The summed E-state index contributed by atoms with van der Waals surface area (Å²) in [5.74, 6) is 0. The Labute approximate surface area is 180 Å². The van der Waals surface area contributed by atoms with Gasteiger partial charge in [0.25, 0.3) is 0 Å². The highest BCUT2D eigenvalue weighted by Crippen LogP contribution is 2.46. The molecule has 0 atom stereocenters. The van der Waals surface area contributed by atoms with Crippen LogP contribution in [0.4, 0.5) is 0 Å². The molecule has 0 saturated heterocycles. The molecule has 144 valence electrons. The van der Waals surface area contributed by atoms with E-state index in [1.807, 2.05) is 6.07 Å². The first-order chi connectivity index (χ1) is 15.4. The van der Waals surface area contributed by atoms with Gasteiger partial charge in [-0.05, 0) is 23.8 Å². The van der Waals surface area contributed by atoms with Crippen molar-refractivity contribution < 1.29 is 0 Å². The highest BCUT2D eigenvalue weighted by molar-refractivity contribution is 6.16. The van der Waals surface area contributed by atoms with E-state index in [9.17, 15) is 0 Å². The molecular formula is C29H18N2. The maximum Gasteiger partial charge on any atom is 0.0956 e. The normalized spacial score (nSPS) is 11.9. The van der Waals surface area contributed by atoms with E-state index < -0.39 is 0 Å². The average Bonchev–Trinajstić information content (AvgIpc) is 3.12. The molecule has 7 rings (SSSR count). The van der Waals surface area contributed by atoms with Crippen LogP contribution in [0.1, 0.15) is 0 Å². The van der Waals surface area contributed by atoms with Gasteiger partial charge < -0.3 is 4.57 Å². The van der Waals surface area contributed by atoms with Gasteiger partial charge in [0.2, 0.25) is 0 Å². The molecule has 0 amide bonds. The van der Waals surface area contributed by atoms with E-state index in [1.54, 1.807) is 0 Å². The summed E-state index contributed by atoms with van der Waals surface area (Å²) in [5, 5.41) is 2.56. The van der Waals surface area contributed by atoms with Crippen molar-refractivity contribution in [2.75, 3.05) is 0 Å². The zero-order chi connectivity index (χ0) is 20.4. The van der Waals surface area contributed by atoms with Crippen molar-refractivity contribution in [3.05, 3.63) is 109 Å². The largest absolute Gasteiger partial charge is 0.306 e. The van der Waals surface area contributed by atoms with Crippen molar-refractivity contribution in [1.29, 1.82) is 0 Å². The Kier molecular flexibility index (Phi) is 3.30. The monoisotopic (exact) mass is 394 g/mol. The number of rotatable bonds is 1. The van der Waals surface area contributed by atoms with Crippen LogP contribution in [0.5, 0.6) is 0 Å². The summed E-state index contributed by atoms with van der Waals surface area (Å²) in [4.78, 5) is 5.22. The summed E-state index contributed by atoms with van der Waals surface area (Å²) < 4.78 is 2.40. The molecular weight excluding hydrogens is 376 g/mol. The zero-order valence-electron chi connectivity index (χ0n) is 16.8. The Morgan fingerprint density at radius 2 is 1.23 bits per heavy atom. The first-order valence-corrected chi connectivity index (χ1v) is 10.6. The zero-order valence-corrected chi connectivity index (χ0v) is 16.8. The third-order valence-electron chi connectivity index (χ3n) is 6.35. The molecule has 0 saturated carbocycles. The fraction of sp³-hybridized carbons (Fsp3) is 0. The highest BCUT2D eigenvalue weighted by atomic mass is 15.0. The predicted molar refractivity (Wildman–Crippen MR) is 128 cm³/mol. The lowest BCUT2D eigenvalue weighted by atomic mass is 9.96. The standard InChI is InChI=1S/C29H18N2/c1-2-9-19(10-3-1)25-17-18-27-28(30-25)22-13-5-4-11-20(22)23-14-8-15-24-21-12-6-7-16-26(21)31(27)29(23)24/h1-18H. The Morgan fingerprint density at radius 3 is 2.13 bits per heavy atom. The van der Waals surface area contributed by atoms with Crippen molar-refractivity contribution in [1.82, 2.24) is 9.55 Å². The van der Waals surface area contributed by atoms with E-state index in [0.717, 1.165) is 22.6 Å². The van der Waals surface area contributed by atoms with Crippen LogP contribution in [0, 0.1) is 0 Å². The molecule has 1 aliphatic heterocycles. The maximum atomic E-state index is 5.22. The Bertz CT molecular complexity index is 1620. The van der Waals surface area contributed by atoms with Gasteiger partial charge in [0.15, 0.2) is 0 Å². The van der Waals surface area contributed by atoms with Crippen LogP contribution >= 0.6 is 0 Å². The predicted octanol–water partition coefficient (Wildman–Crippen LogP) is 7.49. The average molecular weight is 394 g/mol. The van der Waals surface area contributed by atoms with Gasteiger partial charge in [-0.3, -0.25) is 0 Å². The van der Waals surface area contributed by atoms with Gasteiger partial charge in [-0.15, -0.1) is 0 Å². The summed E-state index contributed by atoms with van der Waals surface area (Å²) >= 11 is 0. The Balaban J connectivity index is 1.68. The van der Waals surface area contributed by atoms with E-state index in [-0.39, 0.29) is 0 Å². The molecule has 3 heterocycles. The van der Waals surface area contributed by atoms with E-state index in [1.165, 1.54) is 38.5 Å². The molecule has 0 aliphatic carbocycles. The minimum absolute atomic E-state index is 0.993. The lowest BCUT2D eigenvalue weighted by Crippen LogP contribution is -1.99. The van der Waals surface area contributed by atoms with Crippen molar-refractivity contribution in [3.8, 4) is 39.3 Å². The van der Waals surface area contributed by atoms with E-state index in [0.29, 0.717) is 0 Å². The third-order valence-corrected chi connectivity index (χ3v) is 6.35. The second kappa shape index (κ2) is 6.16. The second-order valence-electron chi connectivity index (χ2n) is 8.03. The summed E-state index contributed by atoms with van der Waals surface area (Å²) in [6.45, 7) is 0. The summed E-state index contributed by atoms with van der Waals surface area (Å²) in [6.07, 6.45) is 0. The number of fused-ring (bicyclic) bond motifs is 8. The molecule has 0 fully saturated rings. The quantitative estimate of drug-likeness (QED) is 0.282. The first-order valence-electron chi connectivity index (χ1n) is 10.6. The minimum Gasteiger partial charge on any atom is -0.306 e. The molecule has 2 aromatic heterocycles. The van der Waals surface area contributed by atoms with Crippen LogP contribution in [0.25, 0.3) is 61.1 Å². The molecule has 1 aliphatic rings. The summed E-state index contributed by atoms with van der Waals surface area (Å²) in [7, 11) is 0. The molecule has 4 aromatic carbocycles. The smallest absolute Gasteiger partial charge is 0.0956 e. The first kappa shape index (κ1) is 16.6. The van der Waals surface area contributed by atoms with Crippen LogP contribution in [0.15, 0.2) is 109 Å². The molecule has 0 bridgehead atoms. The van der Waals surface area contributed by atoms with Gasteiger partial charge in [-0.25, -0.2) is 4.98 Å². The number of para-hydroxylation sites is 2. The van der Waals surface area contributed by atoms with Crippen molar-refractivity contribution in [2.45, 2.75) is 0 Å². The van der Waals surface area contributed by atoms with Gasteiger partial charge in [-0.1, -0.05) is 91.0 Å². The number of hydrogen-bond acceptors (Lipinski definition) is 1. The number of pyridine rings is 1. The SMILES string of the molecule is c1ccc(-c2ccc3c(n2)-c2ccccc2-c2cccc4c5ccccc5n-3c24)cc1. The highest BCUT2D eigenvalue weighted by Gasteiger charge is 2.25. The molecule has 2 nitrogen and oxygen atoms in total. The number of hydrogen-bond donors (Lipinski definition) is 0. The summed E-state index contributed by atoms with van der Waals surface area (Å²) in [6, 6.07) is 38.8. The minimum atomic E-state index is 0.993. The van der Waals surface area contributed by atoms with E-state index in [2.05, 4.69) is 108 Å². The van der Waals surface area contributed by atoms with Crippen LogP contribution < -0.4 is 0 Å². The number of aromatic nitrogens is 2. The lowest BCUT2D eigenvalue weighted by molar-refractivity contribution is 1.15. The number of benzene rings is 4. The Morgan fingerprint density at radius 1 is 0.516 bits per heavy atom. The van der Waals surface area contributed by atoms with Gasteiger partial charge in [-0.2, -0.15) is 0 Å². The van der Waals surface area contributed by atoms with Gasteiger partial charge >= 0.3 is 0 Å². The molecule has 0 radical (unpaired) electrons. The maximum absolute atomic E-state index is 5.22. The molecule has 0 N–H and O–H groups in total. The van der Waals surface area contributed by atoms with Crippen molar-refractivity contribution in [2.24, 2.45) is 0 Å². The molecule has 0 unspecified atom stereocenters. The molecule has 0 spiro atoms. The number of nitrogens with zero attached hydrogens (tertiary/aromatic N) is 2. The van der Waals surface area contributed by atoms with Crippen LogP contribution in [-0.4, -0.2) is 9.55 Å². The van der Waals surface area contributed by atoms with E-state index in [4.69, 9.17) is 4.98 Å². The Hall–Kier alpha value is -4.17. The molecule has 6 aromatic rings.